The van der Waals surface area contributed by atoms with Crippen molar-refractivity contribution < 1.29 is 4.79 Å². The quantitative estimate of drug-likeness (QED) is 0.563. The lowest BCUT2D eigenvalue weighted by atomic mass is 10.1. The molecule has 3 aromatic rings. The highest BCUT2D eigenvalue weighted by atomic mass is 35.5. The first-order valence-electron chi connectivity index (χ1n) is 9.09. The summed E-state index contributed by atoms with van der Waals surface area (Å²) in [7, 11) is 0. The number of carbonyl (C=O) groups excluding carboxylic acids is 1. The Morgan fingerprint density at radius 1 is 1.25 bits per heavy atom. The van der Waals surface area contributed by atoms with Crippen molar-refractivity contribution in [3.63, 3.8) is 0 Å². The molecule has 0 unspecified atom stereocenters. The van der Waals surface area contributed by atoms with Gasteiger partial charge in [0, 0.05) is 29.6 Å². The summed E-state index contributed by atoms with van der Waals surface area (Å²) in [5.41, 5.74) is 1.87. The van der Waals surface area contributed by atoms with Crippen molar-refractivity contribution in [3.05, 3.63) is 56.5 Å². The van der Waals surface area contributed by atoms with Crippen LogP contribution in [0.25, 0.3) is 5.78 Å². The number of anilines is 1. The van der Waals surface area contributed by atoms with Crippen LogP contribution in [0.4, 0.5) is 5.95 Å². The summed E-state index contributed by atoms with van der Waals surface area (Å²) in [4.78, 5) is 33.4. The molecule has 0 fully saturated rings. The van der Waals surface area contributed by atoms with Gasteiger partial charge in [-0.2, -0.15) is 9.50 Å². The maximum Gasteiger partial charge on any atom is 0.277 e. The number of halogens is 1. The van der Waals surface area contributed by atoms with E-state index in [9.17, 15) is 9.59 Å². The fourth-order valence-electron chi connectivity index (χ4n) is 2.84. The van der Waals surface area contributed by atoms with Crippen molar-refractivity contribution in [3.8, 4) is 0 Å². The molecular weight excluding hydrogens is 380 g/mol. The molecule has 0 aliphatic rings. The van der Waals surface area contributed by atoms with E-state index in [4.69, 9.17) is 11.6 Å². The first kappa shape index (κ1) is 19.9. The Kier molecular flexibility index (Phi) is 5.99. The van der Waals surface area contributed by atoms with Crippen LogP contribution < -0.4 is 16.2 Å². The fraction of sp³-hybridized carbons (Fsp3) is 0.368. The number of aryl methyl sites for hydroxylation is 1. The lowest BCUT2D eigenvalue weighted by molar-refractivity contribution is -0.121. The number of benzene rings is 1. The minimum atomic E-state index is -0.244. The highest BCUT2D eigenvalue weighted by molar-refractivity contribution is 6.30. The molecule has 0 spiro atoms. The summed E-state index contributed by atoms with van der Waals surface area (Å²) < 4.78 is 1.30. The number of hydrogen-bond donors (Lipinski definition) is 3. The van der Waals surface area contributed by atoms with Gasteiger partial charge < -0.3 is 10.6 Å². The van der Waals surface area contributed by atoms with Gasteiger partial charge in [-0.05, 0) is 44.9 Å². The van der Waals surface area contributed by atoms with Crippen LogP contribution in [0.15, 0.2) is 29.1 Å². The number of amides is 1. The van der Waals surface area contributed by atoms with Gasteiger partial charge >= 0.3 is 0 Å². The smallest absolute Gasteiger partial charge is 0.277 e. The molecule has 28 heavy (non-hydrogen) atoms. The van der Waals surface area contributed by atoms with E-state index < -0.39 is 0 Å². The predicted molar refractivity (Wildman–Crippen MR) is 109 cm³/mol. The summed E-state index contributed by atoms with van der Waals surface area (Å²) in [6.45, 7) is 6.07. The van der Waals surface area contributed by atoms with Crippen LogP contribution in [0, 0.1) is 6.92 Å². The molecule has 1 amide bonds. The van der Waals surface area contributed by atoms with E-state index in [1.54, 1.807) is 6.92 Å². The molecule has 8 nitrogen and oxygen atoms in total. The van der Waals surface area contributed by atoms with Crippen molar-refractivity contribution in [2.45, 2.75) is 46.2 Å². The van der Waals surface area contributed by atoms with E-state index in [-0.39, 0.29) is 29.7 Å². The van der Waals surface area contributed by atoms with Gasteiger partial charge in [0.15, 0.2) is 0 Å². The van der Waals surface area contributed by atoms with Crippen molar-refractivity contribution >= 4 is 29.2 Å². The van der Waals surface area contributed by atoms with Crippen LogP contribution in [0.3, 0.4) is 0 Å². The Labute approximate surface area is 167 Å². The van der Waals surface area contributed by atoms with Crippen molar-refractivity contribution in [1.82, 2.24) is 24.9 Å². The molecule has 0 atom stereocenters. The van der Waals surface area contributed by atoms with Crippen LogP contribution in [-0.4, -0.2) is 31.5 Å². The van der Waals surface area contributed by atoms with Gasteiger partial charge in [-0.3, -0.25) is 14.7 Å². The van der Waals surface area contributed by atoms with Crippen molar-refractivity contribution in [2.75, 3.05) is 5.32 Å². The second-order valence-electron chi connectivity index (χ2n) is 6.89. The van der Waals surface area contributed by atoms with Gasteiger partial charge in [-0.1, -0.05) is 23.7 Å². The van der Waals surface area contributed by atoms with Crippen LogP contribution in [0.1, 0.15) is 37.1 Å². The molecule has 2 heterocycles. The average Bonchev–Trinajstić information content (AvgIpc) is 3.03. The molecule has 0 saturated carbocycles. The number of rotatable bonds is 7. The predicted octanol–water partition coefficient (Wildman–Crippen LogP) is 2.45. The SMILES string of the molecule is Cc1nc2nc(NCc3ccc(Cl)cc3)[nH]n2c(=O)c1CCC(=O)NC(C)C. The third-order valence-electron chi connectivity index (χ3n) is 4.22. The first-order valence-corrected chi connectivity index (χ1v) is 9.47. The summed E-state index contributed by atoms with van der Waals surface area (Å²) in [6, 6.07) is 7.51. The largest absolute Gasteiger partial charge is 0.354 e. The number of carbonyl (C=O) groups is 1. The molecule has 0 bridgehead atoms. The number of aromatic amines is 1. The lowest BCUT2D eigenvalue weighted by Gasteiger charge is -2.08. The molecule has 0 saturated heterocycles. The number of aromatic nitrogens is 4. The molecule has 9 heteroatoms. The summed E-state index contributed by atoms with van der Waals surface area (Å²) in [6.07, 6.45) is 0.559. The van der Waals surface area contributed by atoms with Crippen LogP contribution >= 0.6 is 11.6 Å². The third-order valence-corrected chi connectivity index (χ3v) is 4.47. The van der Waals surface area contributed by atoms with Gasteiger partial charge in [0.25, 0.3) is 11.3 Å². The number of nitrogens with one attached hydrogen (secondary N) is 3. The van der Waals surface area contributed by atoms with Gasteiger partial charge in [-0.25, -0.2) is 4.98 Å². The standard InChI is InChI=1S/C19H23ClN6O2/c1-11(2)22-16(27)9-8-15-12(3)23-19-24-18(25-26(19)17(15)28)21-10-13-4-6-14(20)7-5-13/h4-7,11H,8-10H2,1-3H3,(H,22,27)(H2,21,23,24,25). The van der Waals surface area contributed by atoms with Gasteiger partial charge in [0.05, 0.1) is 5.69 Å². The molecule has 0 aliphatic carbocycles. The lowest BCUT2D eigenvalue weighted by Crippen LogP contribution is -2.31. The molecule has 0 radical (unpaired) electrons. The number of hydrogen-bond acceptors (Lipinski definition) is 5. The van der Waals surface area contributed by atoms with E-state index >= 15 is 0 Å². The Balaban J connectivity index is 1.76. The van der Waals surface area contributed by atoms with E-state index in [1.165, 1.54) is 4.52 Å². The Hall–Kier alpha value is -2.87. The van der Waals surface area contributed by atoms with Gasteiger partial charge in [0.2, 0.25) is 11.9 Å². The summed E-state index contributed by atoms with van der Waals surface area (Å²) in [5.74, 6) is 0.638. The number of fused-ring (bicyclic) bond motifs is 1. The topological polar surface area (TPSA) is 104 Å². The highest BCUT2D eigenvalue weighted by Crippen LogP contribution is 2.11. The van der Waals surface area contributed by atoms with E-state index in [0.29, 0.717) is 35.2 Å². The second kappa shape index (κ2) is 8.43. The Morgan fingerprint density at radius 2 is 1.96 bits per heavy atom. The van der Waals surface area contributed by atoms with Gasteiger partial charge in [0.1, 0.15) is 0 Å². The van der Waals surface area contributed by atoms with Crippen molar-refractivity contribution in [1.29, 1.82) is 0 Å². The van der Waals surface area contributed by atoms with Gasteiger partial charge in [-0.15, -0.1) is 0 Å². The van der Waals surface area contributed by atoms with Crippen molar-refractivity contribution in [2.24, 2.45) is 0 Å². The number of H-pyrrole nitrogens is 1. The minimum Gasteiger partial charge on any atom is -0.354 e. The zero-order chi connectivity index (χ0) is 20.3. The average molecular weight is 403 g/mol. The Morgan fingerprint density at radius 3 is 2.64 bits per heavy atom. The maximum atomic E-state index is 12.8. The first-order chi connectivity index (χ1) is 13.3. The van der Waals surface area contributed by atoms with Crippen LogP contribution in [-0.2, 0) is 17.8 Å². The Bertz CT molecular complexity index is 1040. The maximum absolute atomic E-state index is 12.8. The molecular formula is C19H23ClN6O2. The monoisotopic (exact) mass is 402 g/mol. The molecule has 3 rings (SSSR count). The molecule has 1 aromatic carbocycles. The molecule has 148 valence electrons. The molecule has 2 aromatic heterocycles. The van der Waals surface area contributed by atoms with Crippen LogP contribution in [0.2, 0.25) is 5.02 Å². The third kappa shape index (κ3) is 4.69. The highest BCUT2D eigenvalue weighted by Gasteiger charge is 2.15. The second-order valence-corrected chi connectivity index (χ2v) is 7.33. The van der Waals surface area contributed by atoms with E-state index in [0.717, 1.165) is 5.56 Å². The molecule has 0 aliphatic heterocycles. The number of nitrogens with zero attached hydrogens (tertiary/aromatic N) is 3. The van der Waals surface area contributed by atoms with Crippen LogP contribution in [0.5, 0.6) is 0 Å². The zero-order valence-corrected chi connectivity index (χ0v) is 16.8. The summed E-state index contributed by atoms with van der Waals surface area (Å²) in [5, 5.41) is 9.56. The van der Waals surface area contributed by atoms with E-state index in [2.05, 4.69) is 25.7 Å². The van der Waals surface area contributed by atoms with E-state index in [1.807, 2.05) is 38.1 Å². The summed E-state index contributed by atoms with van der Waals surface area (Å²) >= 11 is 5.89. The minimum absolute atomic E-state index is 0.0668. The zero-order valence-electron chi connectivity index (χ0n) is 16.0. The fourth-order valence-corrected chi connectivity index (χ4v) is 2.97. The normalized spacial score (nSPS) is 11.2. The molecule has 3 N–H and O–H groups in total.